The molecule has 9 nitrogen and oxygen atoms in total. The number of aryl methyl sites for hydroxylation is 2. The molecule has 180 valence electrons. The maximum Gasteiger partial charge on any atom is 0.359 e. The lowest BCUT2D eigenvalue weighted by molar-refractivity contribution is -0.119. The molecule has 1 amide bonds. The van der Waals surface area contributed by atoms with Gasteiger partial charge < -0.3 is 10.1 Å². The van der Waals surface area contributed by atoms with E-state index in [1.54, 1.807) is 35.0 Å². The largest absolute Gasteiger partial charge is 0.451 e. The number of ether oxygens (including phenoxy) is 1. The van der Waals surface area contributed by atoms with Gasteiger partial charge in [-0.3, -0.25) is 9.59 Å². The number of benzene rings is 2. The number of hydrogen-bond acceptors (Lipinski definition) is 6. The third kappa shape index (κ3) is 5.29. The molecule has 4 aromatic rings. The van der Waals surface area contributed by atoms with Crippen LogP contribution in [0.15, 0.2) is 59.4 Å². The third-order valence-electron chi connectivity index (χ3n) is 5.31. The van der Waals surface area contributed by atoms with Crippen LogP contribution in [0.5, 0.6) is 0 Å². The first-order valence-electron chi connectivity index (χ1n) is 11.3. The van der Waals surface area contributed by atoms with Gasteiger partial charge in [-0.1, -0.05) is 49.7 Å². The number of esters is 1. The molecule has 2 aromatic carbocycles. The van der Waals surface area contributed by atoms with Crippen LogP contribution in [0.3, 0.4) is 0 Å². The zero-order valence-corrected chi connectivity index (χ0v) is 20.1. The van der Waals surface area contributed by atoms with Gasteiger partial charge in [0.15, 0.2) is 12.3 Å². The van der Waals surface area contributed by atoms with Crippen LogP contribution in [0.25, 0.3) is 16.5 Å². The van der Waals surface area contributed by atoms with Crippen molar-refractivity contribution in [1.82, 2.24) is 19.6 Å². The predicted molar refractivity (Wildman–Crippen MR) is 133 cm³/mol. The van der Waals surface area contributed by atoms with E-state index < -0.39 is 18.5 Å². The smallest absolute Gasteiger partial charge is 0.359 e. The van der Waals surface area contributed by atoms with Crippen molar-refractivity contribution in [3.63, 3.8) is 0 Å². The van der Waals surface area contributed by atoms with E-state index in [0.29, 0.717) is 23.1 Å². The topological polar surface area (TPSA) is 108 Å². The molecule has 35 heavy (non-hydrogen) atoms. The summed E-state index contributed by atoms with van der Waals surface area (Å²) in [7, 11) is 0. The van der Waals surface area contributed by atoms with Crippen LogP contribution < -0.4 is 10.9 Å². The Bertz CT molecular complexity index is 1450. The molecule has 0 saturated carbocycles. The molecule has 1 N–H and O–H groups in total. The zero-order chi connectivity index (χ0) is 25.1. The van der Waals surface area contributed by atoms with Crippen molar-refractivity contribution in [1.29, 1.82) is 0 Å². The molecule has 0 aliphatic carbocycles. The molecule has 0 spiro atoms. The Labute approximate surface area is 202 Å². The third-order valence-corrected chi connectivity index (χ3v) is 5.31. The second-order valence-electron chi connectivity index (χ2n) is 8.82. The summed E-state index contributed by atoms with van der Waals surface area (Å²) >= 11 is 0. The molecule has 9 heteroatoms. The van der Waals surface area contributed by atoms with Crippen LogP contribution in [-0.4, -0.2) is 38.0 Å². The Morgan fingerprint density at radius 3 is 2.37 bits per heavy atom. The highest BCUT2D eigenvalue weighted by atomic mass is 16.5. The summed E-state index contributed by atoms with van der Waals surface area (Å²) in [5.74, 6) is -0.692. The van der Waals surface area contributed by atoms with Crippen molar-refractivity contribution in [3.05, 3.63) is 81.9 Å². The number of rotatable bonds is 7. The minimum Gasteiger partial charge on any atom is -0.451 e. The lowest BCUT2D eigenvalue weighted by atomic mass is 10.1. The van der Waals surface area contributed by atoms with E-state index >= 15 is 0 Å². The average molecular weight is 474 g/mol. The van der Waals surface area contributed by atoms with Crippen LogP contribution in [0, 0.1) is 19.8 Å². The first kappa shape index (κ1) is 23.9. The molecule has 0 unspecified atom stereocenters. The van der Waals surface area contributed by atoms with E-state index in [1.165, 1.54) is 4.68 Å². The summed E-state index contributed by atoms with van der Waals surface area (Å²) in [4.78, 5) is 38.3. The Morgan fingerprint density at radius 2 is 1.69 bits per heavy atom. The van der Waals surface area contributed by atoms with E-state index in [2.05, 4.69) is 15.5 Å². The SMILES string of the molecule is Cc1ccc(-n2nc(C)cc2NC(=O)COC(=O)c2nn(CC(C)C)c(=O)c3ccccc23)cc1. The Morgan fingerprint density at radius 1 is 1.00 bits per heavy atom. The zero-order valence-electron chi connectivity index (χ0n) is 20.1. The van der Waals surface area contributed by atoms with Crippen molar-refractivity contribution < 1.29 is 14.3 Å². The number of anilines is 1. The highest BCUT2D eigenvalue weighted by molar-refractivity contribution is 6.03. The second kappa shape index (κ2) is 9.92. The molecule has 2 aromatic heterocycles. The number of amides is 1. The molecule has 0 fully saturated rings. The van der Waals surface area contributed by atoms with Crippen molar-refractivity contribution >= 4 is 28.5 Å². The van der Waals surface area contributed by atoms with E-state index in [-0.39, 0.29) is 17.2 Å². The maximum absolute atomic E-state index is 12.9. The van der Waals surface area contributed by atoms with E-state index in [0.717, 1.165) is 16.9 Å². The van der Waals surface area contributed by atoms with Crippen molar-refractivity contribution in [2.45, 2.75) is 34.2 Å². The van der Waals surface area contributed by atoms with E-state index in [9.17, 15) is 14.4 Å². The van der Waals surface area contributed by atoms with Gasteiger partial charge in [-0.15, -0.1) is 0 Å². The van der Waals surface area contributed by atoms with Gasteiger partial charge in [0.25, 0.3) is 11.5 Å². The minimum atomic E-state index is -0.780. The van der Waals surface area contributed by atoms with E-state index in [1.807, 2.05) is 52.0 Å². The summed E-state index contributed by atoms with van der Waals surface area (Å²) < 4.78 is 8.17. The number of nitrogens with one attached hydrogen (secondary N) is 1. The van der Waals surface area contributed by atoms with Crippen molar-refractivity contribution in [3.8, 4) is 5.69 Å². The molecule has 0 bridgehead atoms. The summed E-state index contributed by atoms with van der Waals surface area (Å²) in [6.45, 7) is 7.55. The molecule has 0 radical (unpaired) electrons. The number of hydrogen-bond donors (Lipinski definition) is 1. The molecule has 0 aliphatic rings. The Hall–Kier alpha value is -4.27. The number of nitrogens with zero attached hydrogens (tertiary/aromatic N) is 4. The quantitative estimate of drug-likeness (QED) is 0.411. The van der Waals surface area contributed by atoms with Crippen molar-refractivity contribution in [2.24, 2.45) is 5.92 Å². The lowest BCUT2D eigenvalue weighted by Gasteiger charge is -2.12. The number of aromatic nitrogens is 4. The minimum absolute atomic E-state index is 0.00538. The van der Waals surface area contributed by atoms with Gasteiger partial charge in [0, 0.05) is 18.0 Å². The second-order valence-corrected chi connectivity index (χ2v) is 8.82. The van der Waals surface area contributed by atoms with Gasteiger partial charge in [-0.05, 0) is 38.0 Å². The summed E-state index contributed by atoms with van der Waals surface area (Å²) in [6, 6.07) is 16.2. The van der Waals surface area contributed by atoms with Gasteiger partial charge in [-0.2, -0.15) is 10.2 Å². The van der Waals surface area contributed by atoms with Crippen LogP contribution in [-0.2, 0) is 16.1 Å². The summed E-state index contributed by atoms with van der Waals surface area (Å²) in [5, 5.41) is 12.2. The average Bonchev–Trinajstić information content (AvgIpc) is 3.19. The molecular weight excluding hydrogens is 446 g/mol. The molecule has 2 heterocycles. The standard InChI is InChI=1S/C26H27N5O4/c1-16(2)14-30-25(33)21-8-6-5-7-20(21)24(29-30)26(34)35-15-23(32)27-22-13-18(4)28-31(22)19-11-9-17(3)10-12-19/h5-13,16H,14-15H2,1-4H3,(H,27,32). The van der Waals surface area contributed by atoms with Crippen LogP contribution >= 0.6 is 0 Å². The van der Waals surface area contributed by atoms with Crippen molar-refractivity contribution in [2.75, 3.05) is 11.9 Å². The highest BCUT2D eigenvalue weighted by Crippen LogP contribution is 2.18. The van der Waals surface area contributed by atoms with Crippen LogP contribution in [0.2, 0.25) is 0 Å². The molecular formula is C26H27N5O4. The monoisotopic (exact) mass is 473 g/mol. The molecule has 4 rings (SSSR count). The number of carbonyl (C=O) groups excluding carboxylic acids is 2. The summed E-state index contributed by atoms with van der Waals surface area (Å²) in [6.07, 6.45) is 0. The normalized spacial score (nSPS) is 11.1. The van der Waals surface area contributed by atoms with Gasteiger partial charge in [-0.25, -0.2) is 14.2 Å². The fourth-order valence-electron chi connectivity index (χ4n) is 3.71. The molecule has 0 saturated heterocycles. The number of fused-ring (bicyclic) bond motifs is 1. The predicted octanol–water partition coefficient (Wildman–Crippen LogP) is 3.65. The van der Waals surface area contributed by atoms with Gasteiger partial charge >= 0.3 is 5.97 Å². The fourth-order valence-corrected chi connectivity index (χ4v) is 3.71. The van der Waals surface area contributed by atoms with Crippen LogP contribution in [0.1, 0.15) is 35.6 Å². The maximum atomic E-state index is 12.9. The first-order chi connectivity index (χ1) is 16.7. The lowest BCUT2D eigenvalue weighted by Crippen LogP contribution is -2.29. The molecule has 0 atom stereocenters. The summed E-state index contributed by atoms with van der Waals surface area (Å²) in [5.41, 5.74) is 2.34. The van der Waals surface area contributed by atoms with Gasteiger partial charge in [0.05, 0.1) is 16.8 Å². The first-order valence-corrected chi connectivity index (χ1v) is 11.3. The Kier molecular flexibility index (Phi) is 6.77. The van der Waals surface area contributed by atoms with Crippen LogP contribution in [0.4, 0.5) is 5.82 Å². The van der Waals surface area contributed by atoms with Gasteiger partial charge in [0.2, 0.25) is 0 Å². The fraction of sp³-hybridized carbons (Fsp3) is 0.269. The highest BCUT2D eigenvalue weighted by Gasteiger charge is 2.20. The van der Waals surface area contributed by atoms with Gasteiger partial charge in [0.1, 0.15) is 5.82 Å². The van der Waals surface area contributed by atoms with E-state index in [4.69, 9.17) is 4.74 Å². The number of carbonyl (C=O) groups is 2. The molecule has 0 aliphatic heterocycles. The Balaban J connectivity index is 1.52.